The van der Waals surface area contributed by atoms with Gasteiger partial charge in [0.25, 0.3) is 0 Å². The zero-order valence-corrected chi connectivity index (χ0v) is 6.78. The smallest absolute Gasteiger partial charge is 0.144 e. The van der Waals surface area contributed by atoms with E-state index in [2.05, 4.69) is 0 Å². The number of halogens is 2. The minimum atomic E-state index is -0.793. The van der Waals surface area contributed by atoms with E-state index in [4.69, 9.17) is 5.26 Å². The second-order valence-corrected chi connectivity index (χ2v) is 2.58. The summed E-state index contributed by atoms with van der Waals surface area (Å²) in [5.74, 6) is -1.40. The number of rotatable bonds is 0. The van der Waals surface area contributed by atoms with Crippen LogP contribution in [0.3, 0.4) is 0 Å². The molecule has 1 rings (SSSR count). The van der Waals surface area contributed by atoms with Crippen LogP contribution in [0.4, 0.5) is 8.78 Å². The maximum atomic E-state index is 12.8. The maximum Gasteiger partial charge on any atom is 0.144 e. The Morgan fingerprint density at radius 3 is 2.25 bits per heavy atom. The van der Waals surface area contributed by atoms with Crippen molar-refractivity contribution in [1.82, 2.24) is 0 Å². The van der Waals surface area contributed by atoms with E-state index in [1.54, 1.807) is 6.07 Å². The number of hydrogen-bond donors (Lipinski definition) is 0. The molecule has 0 radical (unpaired) electrons. The first-order chi connectivity index (χ1) is 5.57. The number of nitrogens with zero attached hydrogens (tertiary/aromatic N) is 1. The molecule has 0 N–H and O–H groups in total. The fraction of sp³-hybridized carbons (Fsp3) is 0.222. The molecule has 0 aliphatic heterocycles. The molecule has 0 aliphatic carbocycles. The first kappa shape index (κ1) is 8.66. The summed E-state index contributed by atoms with van der Waals surface area (Å²) in [4.78, 5) is 0. The minimum Gasteiger partial charge on any atom is -0.207 e. The van der Waals surface area contributed by atoms with Gasteiger partial charge in [0, 0.05) is 6.07 Å². The largest absolute Gasteiger partial charge is 0.207 e. The molecule has 0 saturated heterocycles. The van der Waals surface area contributed by atoms with Crippen molar-refractivity contribution in [2.45, 2.75) is 13.8 Å². The molecule has 0 amide bonds. The summed E-state index contributed by atoms with van der Waals surface area (Å²) < 4.78 is 25.6. The van der Waals surface area contributed by atoms with Crippen LogP contribution >= 0.6 is 0 Å². The summed E-state index contributed by atoms with van der Waals surface area (Å²) in [7, 11) is 0. The summed E-state index contributed by atoms with van der Waals surface area (Å²) in [6.07, 6.45) is 0. The van der Waals surface area contributed by atoms with Gasteiger partial charge in [-0.25, -0.2) is 8.78 Å². The molecular weight excluding hydrogens is 160 g/mol. The number of benzene rings is 1. The summed E-state index contributed by atoms with van der Waals surface area (Å²) in [6, 6.07) is 2.43. The molecule has 0 unspecified atom stereocenters. The molecule has 1 nitrogen and oxygen atoms in total. The normalized spacial score (nSPS) is 9.58. The van der Waals surface area contributed by atoms with Crippen LogP contribution < -0.4 is 0 Å². The third kappa shape index (κ3) is 1.16. The van der Waals surface area contributed by atoms with Crippen LogP contribution in [0.5, 0.6) is 0 Å². The molecule has 0 heterocycles. The Balaban J connectivity index is 3.54. The molecule has 0 saturated carbocycles. The van der Waals surface area contributed by atoms with Crippen LogP contribution in [0.15, 0.2) is 6.07 Å². The Labute approximate surface area is 69.2 Å². The van der Waals surface area contributed by atoms with Gasteiger partial charge >= 0.3 is 0 Å². The second-order valence-electron chi connectivity index (χ2n) is 2.58. The predicted molar refractivity (Wildman–Crippen MR) is 40.5 cm³/mol. The highest BCUT2D eigenvalue weighted by Crippen LogP contribution is 2.18. The van der Waals surface area contributed by atoms with Crippen LogP contribution in [-0.2, 0) is 0 Å². The van der Waals surface area contributed by atoms with Gasteiger partial charge in [0.1, 0.15) is 17.7 Å². The Morgan fingerprint density at radius 1 is 1.17 bits per heavy atom. The number of nitriles is 1. The van der Waals surface area contributed by atoms with Crippen molar-refractivity contribution in [3.8, 4) is 6.07 Å². The molecule has 12 heavy (non-hydrogen) atoms. The molecule has 0 aromatic heterocycles. The zero-order chi connectivity index (χ0) is 9.30. The van der Waals surface area contributed by atoms with E-state index in [1.807, 2.05) is 0 Å². The molecule has 62 valence electrons. The van der Waals surface area contributed by atoms with E-state index in [0.29, 0.717) is 11.1 Å². The lowest BCUT2D eigenvalue weighted by Gasteiger charge is -2.03. The van der Waals surface area contributed by atoms with E-state index in [1.165, 1.54) is 13.8 Å². The molecule has 0 atom stereocenters. The Kier molecular flexibility index (Phi) is 2.09. The highest BCUT2D eigenvalue weighted by molar-refractivity contribution is 5.43. The van der Waals surface area contributed by atoms with Gasteiger partial charge in [0.2, 0.25) is 0 Å². The average molecular weight is 167 g/mol. The first-order valence-corrected chi connectivity index (χ1v) is 3.43. The van der Waals surface area contributed by atoms with Gasteiger partial charge in [-0.3, -0.25) is 0 Å². The van der Waals surface area contributed by atoms with Crippen LogP contribution in [0, 0.1) is 36.8 Å². The van der Waals surface area contributed by atoms with Crippen LogP contribution in [-0.4, -0.2) is 0 Å². The van der Waals surface area contributed by atoms with E-state index in [-0.39, 0.29) is 5.56 Å². The molecule has 0 fully saturated rings. The Morgan fingerprint density at radius 2 is 1.75 bits per heavy atom. The van der Waals surface area contributed by atoms with Gasteiger partial charge in [-0.1, -0.05) is 0 Å². The standard InChI is InChI=1S/C9H7F2N/c1-5-6(2)8(10)3-9(11)7(5)4-12/h3H,1-2H3. The van der Waals surface area contributed by atoms with Gasteiger partial charge in [0.15, 0.2) is 0 Å². The molecule has 0 spiro atoms. The summed E-state index contributed by atoms with van der Waals surface area (Å²) in [6.45, 7) is 3.05. The monoisotopic (exact) mass is 167 g/mol. The van der Waals surface area contributed by atoms with Crippen LogP contribution in [0.2, 0.25) is 0 Å². The maximum absolute atomic E-state index is 12.8. The third-order valence-electron chi connectivity index (χ3n) is 1.90. The first-order valence-electron chi connectivity index (χ1n) is 3.43. The van der Waals surface area contributed by atoms with E-state index < -0.39 is 11.6 Å². The van der Waals surface area contributed by atoms with E-state index >= 15 is 0 Å². The fourth-order valence-electron chi connectivity index (χ4n) is 0.975. The second kappa shape index (κ2) is 2.90. The van der Waals surface area contributed by atoms with Crippen molar-refractivity contribution >= 4 is 0 Å². The number of hydrogen-bond acceptors (Lipinski definition) is 1. The van der Waals surface area contributed by atoms with Crippen molar-refractivity contribution in [3.05, 3.63) is 34.4 Å². The van der Waals surface area contributed by atoms with Crippen LogP contribution in [0.1, 0.15) is 16.7 Å². The molecule has 1 aromatic rings. The van der Waals surface area contributed by atoms with Gasteiger partial charge in [-0.05, 0) is 25.0 Å². The molecule has 0 aliphatic rings. The molecule has 3 heteroatoms. The lowest BCUT2D eigenvalue weighted by molar-refractivity contribution is 0.572. The quantitative estimate of drug-likeness (QED) is 0.582. The zero-order valence-electron chi connectivity index (χ0n) is 6.78. The Bertz CT molecular complexity index is 364. The molecule has 0 bridgehead atoms. The summed E-state index contributed by atoms with van der Waals surface area (Å²) in [5, 5.41) is 8.50. The van der Waals surface area contributed by atoms with Crippen molar-refractivity contribution in [2.24, 2.45) is 0 Å². The molecular formula is C9H7F2N. The van der Waals surface area contributed by atoms with Crippen molar-refractivity contribution < 1.29 is 8.78 Å². The Hall–Kier alpha value is -1.43. The molecule has 1 aromatic carbocycles. The third-order valence-corrected chi connectivity index (χ3v) is 1.90. The van der Waals surface area contributed by atoms with Gasteiger partial charge in [-0.2, -0.15) is 5.26 Å². The van der Waals surface area contributed by atoms with Crippen molar-refractivity contribution in [2.75, 3.05) is 0 Å². The average Bonchev–Trinajstić information content (AvgIpc) is 2.01. The highest BCUT2D eigenvalue weighted by Gasteiger charge is 2.11. The fourth-order valence-corrected chi connectivity index (χ4v) is 0.975. The lowest BCUT2D eigenvalue weighted by Crippen LogP contribution is -1.96. The van der Waals surface area contributed by atoms with Gasteiger partial charge in [0.05, 0.1) is 5.56 Å². The van der Waals surface area contributed by atoms with Gasteiger partial charge in [-0.15, -0.1) is 0 Å². The van der Waals surface area contributed by atoms with Crippen LogP contribution in [0.25, 0.3) is 0 Å². The highest BCUT2D eigenvalue weighted by atomic mass is 19.1. The van der Waals surface area contributed by atoms with E-state index in [9.17, 15) is 8.78 Å². The van der Waals surface area contributed by atoms with Crippen molar-refractivity contribution in [1.29, 1.82) is 5.26 Å². The SMILES string of the molecule is Cc1c(F)cc(F)c(C#N)c1C. The van der Waals surface area contributed by atoms with Gasteiger partial charge < -0.3 is 0 Å². The predicted octanol–water partition coefficient (Wildman–Crippen LogP) is 2.45. The van der Waals surface area contributed by atoms with Crippen molar-refractivity contribution in [3.63, 3.8) is 0 Å². The van der Waals surface area contributed by atoms with E-state index in [0.717, 1.165) is 6.07 Å². The topological polar surface area (TPSA) is 23.8 Å². The summed E-state index contributed by atoms with van der Waals surface area (Å²) in [5.41, 5.74) is 0.622. The lowest BCUT2D eigenvalue weighted by atomic mass is 10.0. The summed E-state index contributed by atoms with van der Waals surface area (Å²) >= 11 is 0. The minimum absolute atomic E-state index is 0.0751.